The van der Waals surface area contributed by atoms with E-state index >= 15 is 0 Å². The maximum absolute atomic E-state index is 12.7. The summed E-state index contributed by atoms with van der Waals surface area (Å²) < 4.78 is 38.1. The van der Waals surface area contributed by atoms with Gasteiger partial charge >= 0.3 is 6.18 Å². The van der Waals surface area contributed by atoms with Crippen molar-refractivity contribution in [2.45, 2.75) is 25.2 Å². The number of hydrogen-bond acceptors (Lipinski definition) is 3. The number of halogens is 3. The summed E-state index contributed by atoms with van der Waals surface area (Å²) in [5.41, 5.74) is 0.0816. The molecule has 1 aromatic carbocycles. The van der Waals surface area contributed by atoms with Gasteiger partial charge in [0.15, 0.2) is 0 Å². The third kappa shape index (κ3) is 4.43. The van der Waals surface area contributed by atoms with Gasteiger partial charge in [-0.1, -0.05) is 18.2 Å². The Morgan fingerprint density at radius 3 is 2.71 bits per heavy atom. The van der Waals surface area contributed by atoms with Gasteiger partial charge in [0.25, 0.3) is 0 Å². The highest BCUT2D eigenvalue weighted by Crippen LogP contribution is 2.29. The minimum Gasteiger partial charge on any atom is -0.396 e. The van der Waals surface area contributed by atoms with Crippen LogP contribution < -0.4 is 0 Å². The zero-order chi connectivity index (χ0) is 15.5. The molecule has 21 heavy (non-hydrogen) atoms. The second-order valence-corrected chi connectivity index (χ2v) is 5.58. The minimum absolute atomic E-state index is 0.131. The highest BCUT2D eigenvalue weighted by Gasteiger charge is 2.30. The molecule has 0 bridgehead atoms. The zero-order valence-electron chi connectivity index (χ0n) is 12.1. The van der Waals surface area contributed by atoms with Gasteiger partial charge in [-0.15, -0.1) is 0 Å². The van der Waals surface area contributed by atoms with Gasteiger partial charge < -0.3 is 10.0 Å². The van der Waals surface area contributed by atoms with E-state index in [1.807, 2.05) is 7.05 Å². The number of nitrogens with zero attached hydrogens (tertiary/aromatic N) is 2. The number of aliphatic hydroxyl groups excluding tert-OH is 1. The average Bonchev–Trinajstić information content (AvgIpc) is 2.42. The molecule has 1 N–H and O–H groups in total. The molecule has 0 radical (unpaired) electrons. The van der Waals surface area contributed by atoms with Gasteiger partial charge in [-0.05, 0) is 25.1 Å². The highest BCUT2D eigenvalue weighted by molar-refractivity contribution is 5.25. The van der Waals surface area contributed by atoms with Gasteiger partial charge in [-0.2, -0.15) is 13.2 Å². The Morgan fingerprint density at radius 1 is 1.29 bits per heavy atom. The van der Waals surface area contributed by atoms with E-state index in [9.17, 15) is 13.2 Å². The number of likely N-dealkylation sites (N-methyl/N-ethyl adjacent to an activating group) is 1. The molecular weight excluding hydrogens is 281 g/mol. The maximum Gasteiger partial charge on any atom is 0.416 e. The number of rotatable bonds is 4. The van der Waals surface area contributed by atoms with Gasteiger partial charge in [0.2, 0.25) is 0 Å². The lowest BCUT2D eigenvalue weighted by atomic mass is 10.1. The van der Waals surface area contributed by atoms with Crippen molar-refractivity contribution >= 4 is 0 Å². The average molecular weight is 302 g/mol. The third-order valence-corrected chi connectivity index (χ3v) is 3.98. The summed E-state index contributed by atoms with van der Waals surface area (Å²) in [4.78, 5) is 4.34. The van der Waals surface area contributed by atoms with Crippen LogP contribution in [-0.4, -0.2) is 54.2 Å². The van der Waals surface area contributed by atoms with Gasteiger partial charge in [-0.25, -0.2) is 0 Å². The Hall–Kier alpha value is -1.11. The van der Waals surface area contributed by atoms with E-state index in [-0.39, 0.29) is 12.6 Å². The number of alkyl halides is 3. The van der Waals surface area contributed by atoms with Crippen LogP contribution in [0.15, 0.2) is 24.3 Å². The molecular formula is C15H21F3N2O. The summed E-state index contributed by atoms with van der Waals surface area (Å²) in [7, 11) is 2.02. The third-order valence-electron chi connectivity index (χ3n) is 3.98. The lowest BCUT2D eigenvalue weighted by Crippen LogP contribution is -2.51. The van der Waals surface area contributed by atoms with Crippen molar-refractivity contribution < 1.29 is 18.3 Å². The standard InChI is InChI=1S/C15H21F3N2O/c1-19-6-7-20(11-14(19)5-8-21)10-12-3-2-4-13(9-12)15(16,17)18/h2-4,9,14,21H,5-8,10-11H2,1H3/t14-/m0/s1. The molecule has 1 aliphatic rings. The SMILES string of the molecule is CN1CCN(Cc2cccc(C(F)(F)F)c2)C[C@@H]1CCO. The monoisotopic (exact) mass is 302 g/mol. The van der Waals surface area contributed by atoms with Crippen molar-refractivity contribution in [3.63, 3.8) is 0 Å². The van der Waals surface area contributed by atoms with Gasteiger partial charge in [0.1, 0.15) is 0 Å². The van der Waals surface area contributed by atoms with Crippen LogP contribution in [0.4, 0.5) is 13.2 Å². The number of aliphatic hydroxyl groups is 1. The number of benzene rings is 1. The molecule has 6 heteroatoms. The smallest absolute Gasteiger partial charge is 0.396 e. The number of piperazine rings is 1. The van der Waals surface area contributed by atoms with Crippen molar-refractivity contribution in [3.05, 3.63) is 35.4 Å². The Bertz CT molecular complexity index is 464. The predicted octanol–water partition coefficient (Wildman–Crippen LogP) is 2.20. The molecule has 1 saturated heterocycles. The van der Waals surface area contributed by atoms with E-state index in [0.717, 1.165) is 25.7 Å². The Morgan fingerprint density at radius 2 is 2.05 bits per heavy atom. The molecule has 0 aliphatic carbocycles. The molecule has 1 aromatic rings. The second-order valence-electron chi connectivity index (χ2n) is 5.58. The fourth-order valence-electron chi connectivity index (χ4n) is 2.72. The van der Waals surface area contributed by atoms with Crippen molar-refractivity contribution in [2.24, 2.45) is 0 Å². The van der Waals surface area contributed by atoms with Crippen LogP contribution in [0, 0.1) is 0 Å². The van der Waals surface area contributed by atoms with Crippen LogP contribution in [0.5, 0.6) is 0 Å². The molecule has 0 aromatic heterocycles. The summed E-state index contributed by atoms with van der Waals surface area (Å²) in [5, 5.41) is 9.07. The Kier molecular flexibility index (Phi) is 5.24. The van der Waals surface area contributed by atoms with E-state index < -0.39 is 11.7 Å². The van der Waals surface area contributed by atoms with Crippen LogP contribution in [0.2, 0.25) is 0 Å². The zero-order valence-corrected chi connectivity index (χ0v) is 12.1. The van der Waals surface area contributed by atoms with Crippen LogP contribution in [0.25, 0.3) is 0 Å². The summed E-state index contributed by atoms with van der Waals surface area (Å²) in [6.07, 6.45) is -3.60. The minimum atomic E-state index is -4.29. The fraction of sp³-hybridized carbons (Fsp3) is 0.600. The van der Waals surface area contributed by atoms with Crippen LogP contribution >= 0.6 is 0 Å². The molecule has 1 aliphatic heterocycles. The fourth-order valence-corrected chi connectivity index (χ4v) is 2.72. The molecule has 0 spiro atoms. The lowest BCUT2D eigenvalue weighted by molar-refractivity contribution is -0.137. The quantitative estimate of drug-likeness (QED) is 0.924. The van der Waals surface area contributed by atoms with Crippen LogP contribution in [-0.2, 0) is 12.7 Å². The van der Waals surface area contributed by atoms with E-state index in [4.69, 9.17) is 5.11 Å². The van der Waals surface area contributed by atoms with Gasteiger partial charge in [-0.3, -0.25) is 4.90 Å². The van der Waals surface area contributed by atoms with Crippen molar-refractivity contribution in [3.8, 4) is 0 Å². The van der Waals surface area contributed by atoms with Crippen LogP contribution in [0.1, 0.15) is 17.5 Å². The second kappa shape index (κ2) is 6.77. The predicted molar refractivity (Wildman–Crippen MR) is 74.8 cm³/mol. The first-order valence-corrected chi connectivity index (χ1v) is 7.09. The maximum atomic E-state index is 12.7. The van der Waals surface area contributed by atoms with Gasteiger partial charge in [0.05, 0.1) is 5.56 Å². The Balaban J connectivity index is 2.01. The van der Waals surface area contributed by atoms with Gasteiger partial charge in [0, 0.05) is 38.8 Å². The topological polar surface area (TPSA) is 26.7 Å². The molecule has 1 atom stereocenters. The summed E-state index contributed by atoms with van der Waals surface area (Å²) in [6.45, 7) is 3.11. The molecule has 2 rings (SSSR count). The molecule has 0 amide bonds. The molecule has 1 fully saturated rings. The largest absolute Gasteiger partial charge is 0.416 e. The van der Waals surface area contributed by atoms with E-state index in [2.05, 4.69) is 9.80 Å². The van der Waals surface area contributed by atoms with E-state index in [1.54, 1.807) is 6.07 Å². The first-order chi connectivity index (χ1) is 9.90. The summed E-state index contributed by atoms with van der Waals surface area (Å²) >= 11 is 0. The first kappa shape index (κ1) is 16.3. The van der Waals surface area contributed by atoms with Crippen molar-refractivity contribution in [2.75, 3.05) is 33.3 Å². The molecule has 0 saturated carbocycles. The molecule has 3 nitrogen and oxygen atoms in total. The van der Waals surface area contributed by atoms with Crippen molar-refractivity contribution in [1.29, 1.82) is 0 Å². The Labute approximate surface area is 123 Å². The molecule has 0 unspecified atom stereocenters. The van der Waals surface area contributed by atoms with E-state index in [1.165, 1.54) is 12.1 Å². The molecule has 1 heterocycles. The van der Waals surface area contributed by atoms with Crippen LogP contribution in [0.3, 0.4) is 0 Å². The highest BCUT2D eigenvalue weighted by atomic mass is 19.4. The summed E-state index contributed by atoms with van der Waals surface area (Å²) in [6, 6.07) is 5.77. The number of hydrogen-bond donors (Lipinski definition) is 1. The van der Waals surface area contributed by atoms with Crippen molar-refractivity contribution in [1.82, 2.24) is 9.80 Å². The van der Waals surface area contributed by atoms with E-state index in [0.29, 0.717) is 18.5 Å². The summed E-state index contributed by atoms with van der Waals surface area (Å²) in [5.74, 6) is 0. The lowest BCUT2D eigenvalue weighted by Gasteiger charge is -2.39. The first-order valence-electron chi connectivity index (χ1n) is 7.09. The normalized spacial score (nSPS) is 21.7. The molecule has 118 valence electrons.